The van der Waals surface area contributed by atoms with Crippen LogP contribution < -0.4 is 0 Å². The van der Waals surface area contributed by atoms with Crippen LogP contribution in [0.3, 0.4) is 0 Å². The summed E-state index contributed by atoms with van der Waals surface area (Å²) >= 11 is 0. The fourth-order valence-electron chi connectivity index (χ4n) is 1.70. The Morgan fingerprint density at radius 2 is 1.86 bits per heavy atom. The highest BCUT2D eigenvalue weighted by atomic mass is 16.5. The van der Waals surface area contributed by atoms with Crippen LogP contribution in [0.1, 0.15) is 25.7 Å². The van der Waals surface area contributed by atoms with Gasteiger partial charge in [-0.25, -0.2) is 0 Å². The van der Waals surface area contributed by atoms with Crippen molar-refractivity contribution in [1.82, 2.24) is 0 Å². The molecule has 0 amide bonds. The SMILES string of the molecule is C[N+](C)(C)CCOC(=O)C1CCCC1. The number of nitrogens with zero attached hydrogens (tertiary/aromatic N) is 1. The molecule has 0 atom stereocenters. The van der Waals surface area contributed by atoms with E-state index in [0.29, 0.717) is 6.61 Å². The minimum absolute atomic E-state index is 0.0240. The molecule has 0 aromatic heterocycles. The number of likely N-dealkylation sites (N-methyl/N-ethyl adjacent to an activating group) is 1. The molecule has 0 N–H and O–H groups in total. The zero-order valence-corrected chi connectivity index (χ0v) is 9.58. The Bertz CT molecular complexity index is 190. The van der Waals surface area contributed by atoms with E-state index in [1.54, 1.807) is 0 Å². The summed E-state index contributed by atoms with van der Waals surface area (Å²) in [6.07, 6.45) is 4.44. The molecule has 0 aromatic rings. The molecule has 1 aliphatic rings. The quantitative estimate of drug-likeness (QED) is 0.507. The highest BCUT2D eigenvalue weighted by molar-refractivity contribution is 5.72. The normalized spacial score (nSPS) is 18.5. The number of hydrogen-bond acceptors (Lipinski definition) is 2. The summed E-state index contributed by atoms with van der Waals surface area (Å²) in [5.74, 6) is 0.221. The summed E-state index contributed by atoms with van der Waals surface area (Å²) in [5.41, 5.74) is 0. The molecule has 0 radical (unpaired) electrons. The van der Waals surface area contributed by atoms with Crippen LogP contribution in [-0.4, -0.2) is 44.7 Å². The van der Waals surface area contributed by atoms with Gasteiger partial charge in [0.2, 0.25) is 0 Å². The van der Waals surface area contributed by atoms with Crippen molar-refractivity contribution in [3.05, 3.63) is 0 Å². The van der Waals surface area contributed by atoms with Crippen molar-refractivity contribution in [2.24, 2.45) is 5.92 Å². The molecule has 3 heteroatoms. The minimum Gasteiger partial charge on any atom is -0.459 e. The number of ether oxygens (including phenoxy) is 1. The Hall–Kier alpha value is -0.570. The molecule has 0 bridgehead atoms. The standard InChI is InChI=1S/C11H22NO2/c1-12(2,3)8-9-14-11(13)10-6-4-5-7-10/h10H,4-9H2,1-3H3/q+1. The van der Waals surface area contributed by atoms with Gasteiger partial charge >= 0.3 is 5.97 Å². The number of esters is 1. The number of quaternary nitrogens is 1. The predicted molar refractivity (Wildman–Crippen MR) is 55.8 cm³/mol. The average Bonchev–Trinajstić information content (AvgIpc) is 2.53. The van der Waals surface area contributed by atoms with E-state index < -0.39 is 0 Å². The second-order valence-electron chi connectivity index (χ2n) is 5.16. The van der Waals surface area contributed by atoms with Crippen LogP contribution in [-0.2, 0) is 9.53 Å². The molecule has 1 aliphatic carbocycles. The van der Waals surface area contributed by atoms with E-state index in [9.17, 15) is 4.79 Å². The van der Waals surface area contributed by atoms with Crippen molar-refractivity contribution in [3.63, 3.8) is 0 Å². The van der Waals surface area contributed by atoms with E-state index in [0.717, 1.165) is 23.9 Å². The molecule has 1 fully saturated rings. The van der Waals surface area contributed by atoms with Gasteiger partial charge in [-0.05, 0) is 12.8 Å². The van der Waals surface area contributed by atoms with Crippen molar-refractivity contribution in [3.8, 4) is 0 Å². The van der Waals surface area contributed by atoms with E-state index in [-0.39, 0.29) is 11.9 Å². The minimum atomic E-state index is 0.0240. The van der Waals surface area contributed by atoms with Crippen molar-refractivity contribution in [1.29, 1.82) is 0 Å². The molecular formula is C11H22NO2+. The molecule has 0 aromatic carbocycles. The summed E-state index contributed by atoms with van der Waals surface area (Å²) in [6, 6.07) is 0. The number of carbonyl (C=O) groups is 1. The molecule has 82 valence electrons. The lowest BCUT2D eigenvalue weighted by molar-refractivity contribution is -0.870. The Labute approximate surface area is 86.6 Å². The van der Waals surface area contributed by atoms with Gasteiger partial charge in [0.25, 0.3) is 0 Å². The van der Waals surface area contributed by atoms with Gasteiger partial charge in [-0.1, -0.05) is 12.8 Å². The molecule has 1 saturated carbocycles. The van der Waals surface area contributed by atoms with Gasteiger partial charge in [0.1, 0.15) is 13.2 Å². The second-order valence-corrected chi connectivity index (χ2v) is 5.16. The van der Waals surface area contributed by atoms with E-state index in [4.69, 9.17) is 4.74 Å². The Kier molecular flexibility index (Phi) is 3.93. The fraction of sp³-hybridized carbons (Fsp3) is 0.909. The van der Waals surface area contributed by atoms with E-state index in [1.165, 1.54) is 12.8 Å². The fourth-order valence-corrected chi connectivity index (χ4v) is 1.70. The highest BCUT2D eigenvalue weighted by Gasteiger charge is 2.24. The number of carbonyl (C=O) groups excluding carboxylic acids is 1. The van der Waals surface area contributed by atoms with Crippen molar-refractivity contribution in [2.45, 2.75) is 25.7 Å². The van der Waals surface area contributed by atoms with E-state index >= 15 is 0 Å². The number of hydrogen-bond donors (Lipinski definition) is 0. The van der Waals surface area contributed by atoms with Crippen molar-refractivity contribution < 1.29 is 14.0 Å². The van der Waals surface area contributed by atoms with Crippen LogP contribution in [0.4, 0.5) is 0 Å². The van der Waals surface area contributed by atoms with Crippen molar-refractivity contribution in [2.75, 3.05) is 34.3 Å². The first kappa shape index (κ1) is 11.5. The van der Waals surface area contributed by atoms with Gasteiger partial charge in [-0.3, -0.25) is 4.79 Å². The largest absolute Gasteiger partial charge is 0.459 e. The lowest BCUT2D eigenvalue weighted by Gasteiger charge is -2.23. The third kappa shape index (κ3) is 4.09. The molecule has 0 unspecified atom stereocenters. The summed E-state index contributed by atoms with van der Waals surface area (Å²) in [5, 5.41) is 0. The van der Waals surface area contributed by atoms with Gasteiger partial charge in [-0.2, -0.15) is 0 Å². The highest BCUT2D eigenvalue weighted by Crippen LogP contribution is 2.25. The zero-order chi connectivity index (χ0) is 10.6. The summed E-state index contributed by atoms with van der Waals surface area (Å²) in [4.78, 5) is 11.5. The summed E-state index contributed by atoms with van der Waals surface area (Å²) in [7, 11) is 6.30. The lowest BCUT2D eigenvalue weighted by atomic mass is 10.1. The van der Waals surface area contributed by atoms with Gasteiger partial charge in [0.15, 0.2) is 0 Å². The number of rotatable bonds is 4. The van der Waals surface area contributed by atoms with Gasteiger partial charge < -0.3 is 9.22 Å². The van der Waals surface area contributed by atoms with Gasteiger partial charge in [0, 0.05) is 0 Å². The zero-order valence-electron chi connectivity index (χ0n) is 9.58. The van der Waals surface area contributed by atoms with Gasteiger partial charge in [0.05, 0.1) is 27.1 Å². The second kappa shape index (κ2) is 4.78. The maximum atomic E-state index is 11.5. The maximum absolute atomic E-state index is 11.5. The van der Waals surface area contributed by atoms with Crippen LogP contribution in [0.5, 0.6) is 0 Å². The Morgan fingerprint density at radius 3 is 2.36 bits per heavy atom. The first-order chi connectivity index (χ1) is 6.49. The average molecular weight is 200 g/mol. The maximum Gasteiger partial charge on any atom is 0.309 e. The van der Waals surface area contributed by atoms with Gasteiger partial charge in [-0.15, -0.1) is 0 Å². The third-order valence-corrected chi connectivity index (χ3v) is 2.69. The van der Waals surface area contributed by atoms with Crippen LogP contribution in [0.25, 0.3) is 0 Å². The first-order valence-corrected chi connectivity index (χ1v) is 5.46. The molecule has 0 saturated heterocycles. The smallest absolute Gasteiger partial charge is 0.309 e. The topological polar surface area (TPSA) is 26.3 Å². The van der Waals surface area contributed by atoms with Crippen LogP contribution in [0.2, 0.25) is 0 Å². The first-order valence-electron chi connectivity index (χ1n) is 5.46. The van der Waals surface area contributed by atoms with E-state index in [1.807, 2.05) is 0 Å². The summed E-state index contributed by atoms with van der Waals surface area (Å²) in [6.45, 7) is 1.44. The van der Waals surface area contributed by atoms with Crippen molar-refractivity contribution >= 4 is 5.97 Å². The third-order valence-electron chi connectivity index (χ3n) is 2.69. The Morgan fingerprint density at radius 1 is 1.29 bits per heavy atom. The lowest BCUT2D eigenvalue weighted by Crippen LogP contribution is -2.38. The molecule has 3 nitrogen and oxygen atoms in total. The molecule has 0 heterocycles. The monoisotopic (exact) mass is 200 g/mol. The van der Waals surface area contributed by atoms with Crippen LogP contribution in [0.15, 0.2) is 0 Å². The molecule has 0 aliphatic heterocycles. The Balaban J connectivity index is 2.15. The summed E-state index contributed by atoms with van der Waals surface area (Å²) < 4.78 is 6.09. The molecule has 0 spiro atoms. The van der Waals surface area contributed by atoms with E-state index in [2.05, 4.69) is 21.1 Å². The molecule has 1 rings (SSSR count). The van der Waals surface area contributed by atoms with Crippen LogP contribution in [0, 0.1) is 5.92 Å². The van der Waals surface area contributed by atoms with Crippen LogP contribution >= 0.6 is 0 Å². The molecular weight excluding hydrogens is 178 g/mol. The molecule has 14 heavy (non-hydrogen) atoms. The predicted octanol–water partition coefficient (Wildman–Crippen LogP) is 1.43.